The number of rotatable bonds is 4. The van der Waals surface area contributed by atoms with Crippen LogP contribution in [0.5, 0.6) is 0 Å². The molecule has 1 aliphatic heterocycles. The van der Waals surface area contributed by atoms with E-state index in [1.165, 1.54) is 6.26 Å². The van der Waals surface area contributed by atoms with E-state index >= 15 is 0 Å². The smallest absolute Gasteiger partial charge is 0.319 e. The van der Waals surface area contributed by atoms with E-state index in [4.69, 9.17) is 4.52 Å². The molecular formula is C11H16F2N4O2. The Morgan fingerprint density at radius 3 is 3.11 bits per heavy atom. The third kappa shape index (κ3) is 3.88. The van der Waals surface area contributed by atoms with E-state index < -0.39 is 6.43 Å². The zero-order valence-electron chi connectivity index (χ0n) is 10.5. The molecule has 1 aromatic rings. The van der Waals surface area contributed by atoms with Crippen molar-refractivity contribution in [2.75, 3.05) is 25.0 Å². The Bertz CT molecular complexity index is 438. The number of amides is 2. The highest BCUT2D eigenvalue weighted by Crippen LogP contribution is 2.13. The van der Waals surface area contributed by atoms with Crippen molar-refractivity contribution in [1.29, 1.82) is 0 Å². The van der Waals surface area contributed by atoms with Gasteiger partial charge in [-0.2, -0.15) is 0 Å². The lowest BCUT2D eigenvalue weighted by atomic mass is 10.3. The van der Waals surface area contributed by atoms with Crippen LogP contribution in [0.2, 0.25) is 0 Å². The van der Waals surface area contributed by atoms with Crippen molar-refractivity contribution in [3.8, 4) is 0 Å². The van der Waals surface area contributed by atoms with Gasteiger partial charge in [-0.1, -0.05) is 5.16 Å². The highest BCUT2D eigenvalue weighted by Gasteiger charge is 2.25. The second-order valence-electron chi connectivity index (χ2n) is 4.55. The second kappa shape index (κ2) is 5.96. The maximum absolute atomic E-state index is 12.2. The quantitative estimate of drug-likeness (QED) is 0.871. The molecule has 8 heteroatoms. The first-order chi connectivity index (χ1) is 9.04. The Morgan fingerprint density at radius 2 is 2.47 bits per heavy atom. The lowest BCUT2D eigenvalue weighted by Crippen LogP contribution is -2.40. The molecule has 1 aromatic heterocycles. The number of alkyl halides is 2. The lowest BCUT2D eigenvalue weighted by Gasteiger charge is -2.16. The Labute approximate surface area is 109 Å². The summed E-state index contributed by atoms with van der Waals surface area (Å²) in [5.74, 6) is 0. The number of likely N-dealkylation sites (tertiary alicyclic amines) is 1. The molecule has 0 bridgehead atoms. The average molecular weight is 274 g/mol. The van der Waals surface area contributed by atoms with Crippen LogP contribution in [0.25, 0.3) is 0 Å². The van der Waals surface area contributed by atoms with Crippen molar-refractivity contribution in [3.05, 3.63) is 12.0 Å². The molecule has 0 aromatic carbocycles. The van der Waals surface area contributed by atoms with Gasteiger partial charge in [0.25, 0.3) is 6.43 Å². The highest BCUT2D eigenvalue weighted by atomic mass is 19.3. The molecule has 106 valence electrons. The fourth-order valence-corrected chi connectivity index (χ4v) is 2.07. The molecule has 0 saturated carbocycles. The number of nitrogens with one attached hydrogen (secondary N) is 2. The number of aryl methyl sites for hydroxylation is 1. The molecule has 2 rings (SSSR count). The number of hydrogen-bond acceptors (Lipinski definition) is 4. The first-order valence-electron chi connectivity index (χ1n) is 6.03. The number of carbonyl (C=O) groups excluding carboxylic acids is 1. The summed E-state index contributed by atoms with van der Waals surface area (Å²) in [6.07, 6.45) is -0.331. The van der Waals surface area contributed by atoms with Crippen molar-refractivity contribution in [2.45, 2.75) is 25.8 Å². The largest absolute Gasteiger partial charge is 0.362 e. The van der Waals surface area contributed by atoms with E-state index in [9.17, 15) is 13.6 Å². The third-order valence-corrected chi connectivity index (χ3v) is 3.00. The first-order valence-corrected chi connectivity index (χ1v) is 6.03. The van der Waals surface area contributed by atoms with E-state index in [0.29, 0.717) is 30.9 Å². The summed E-state index contributed by atoms with van der Waals surface area (Å²) >= 11 is 0. The van der Waals surface area contributed by atoms with E-state index in [1.807, 2.05) is 0 Å². The van der Waals surface area contributed by atoms with E-state index in [2.05, 4.69) is 15.8 Å². The minimum atomic E-state index is -2.34. The van der Waals surface area contributed by atoms with Crippen LogP contribution in [0.4, 0.5) is 19.3 Å². The summed E-state index contributed by atoms with van der Waals surface area (Å²) in [6.45, 7) is 2.48. The minimum Gasteiger partial charge on any atom is -0.362 e. The standard InChI is InChI=1S/C11H16F2N4O2/c1-7-9(6-19-16-7)15-11(18)14-8-2-3-17(4-8)5-10(12)13/h6,8,10H,2-5H2,1H3,(H2,14,15,18)/t8-/m0/s1. The van der Waals surface area contributed by atoms with Crippen molar-refractivity contribution in [2.24, 2.45) is 0 Å². The van der Waals surface area contributed by atoms with Gasteiger partial charge in [-0.25, -0.2) is 13.6 Å². The average Bonchev–Trinajstić information content (AvgIpc) is 2.89. The molecule has 0 unspecified atom stereocenters. The molecule has 2 amide bonds. The van der Waals surface area contributed by atoms with Gasteiger partial charge in [0.2, 0.25) is 0 Å². The zero-order chi connectivity index (χ0) is 13.8. The number of halogens is 2. The number of urea groups is 1. The van der Waals surface area contributed by atoms with Crippen LogP contribution in [-0.2, 0) is 0 Å². The Morgan fingerprint density at radius 1 is 1.68 bits per heavy atom. The monoisotopic (exact) mass is 274 g/mol. The van der Waals surface area contributed by atoms with Gasteiger partial charge in [0.15, 0.2) is 0 Å². The maximum Gasteiger partial charge on any atom is 0.319 e. The molecular weight excluding hydrogens is 258 g/mol. The molecule has 19 heavy (non-hydrogen) atoms. The van der Waals surface area contributed by atoms with Crippen molar-refractivity contribution >= 4 is 11.7 Å². The molecule has 0 spiro atoms. The van der Waals surface area contributed by atoms with Gasteiger partial charge in [-0.05, 0) is 13.3 Å². The van der Waals surface area contributed by atoms with Gasteiger partial charge in [0.1, 0.15) is 17.6 Å². The van der Waals surface area contributed by atoms with Crippen LogP contribution in [0.1, 0.15) is 12.1 Å². The third-order valence-electron chi connectivity index (χ3n) is 3.00. The molecule has 0 radical (unpaired) electrons. The van der Waals surface area contributed by atoms with Gasteiger partial charge >= 0.3 is 6.03 Å². The van der Waals surface area contributed by atoms with Crippen LogP contribution in [-0.4, -0.2) is 48.2 Å². The number of hydrogen-bond donors (Lipinski definition) is 2. The van der Waals surface area contributed by atoms with E-state index in [1.54, 1.807) is 11.8 Å². The number of nitrogens with zero attached hydrogens (tertiary/aromatic N) is 2. The predicted molar refractivity (Wildman–Crippen MR) is 64.2 cm³/mol. The highest BCUT2D eigenvalue weighted by molar-refractivity contribution is 5.89. The first kappa shape index (κ1) is 13.7. The molecule has 1 atom stereocenters. The van der Waals surface area contributed by atoms with Crippen LogP contribution in [0.15, 0.2) is 10.8 Å². The van der Waals surface area contributed by atoms with Crippen molar-refractivity contribution in [3.63, 3.8) is 0 Å². The van der Waals surface area contributed by atoms with Gasteiger partial charge < -0.3 is 15.2 Å². The predicted octanol–water partition coefficient (Wildman–Crippen LogP) is 1.44. The molecule has 1 saturated heterocycles. The lowest BCUT2D eigenvalue weighted by molar-refractivity contribution is 0.0988. The number of carbonyl (C=O) groups is 1. The fraction of sp³-hybridized carbons (Fsp3) is 0.636. The van der Waals surface area contributed by atoms with Crippen molar-refractivity contribution < 1.29 is 18.1 Å². The fourth-order valence-electron chi connectivity index (χ4n) is 2.07. The van der Waals surface area contributed by atoms with Crippen LogP contribution >= 0.6 is 0 Å². The minimum absolute atomic E-state index is 0.112. The molecule has 6 nitrogen and oxygen atoms in total. The topological polar surface area (TPSA) is 70.4 Å². The SMILES string of the molecule is Cc1nocc1NC(=O)N[C@H]1CCN(CC(F)F)C1. The summed E-state index contributed by atoms with van der Waals surface area (Å²) in [5, 5.41) is 8.98. The van der Waals surface area contributed by atoms with Crippen LogP contribution < -0.4 is 10.6 Å². The van der Waals surface area contributed by atoms with Gasteiger partial charge in [0, 0.05) is 19.1 Å². The molecule has 2 heterocycles. The Balaban J connectivity index is 1.76. The summed E-state index contributed by atoms with van der Waals surface area (Å²) in [6, 6.07) is -0.492. The van der Waals surface area contributed by atoms with Crippen LogP contribution in [0.3, 0.4) is 0 Å². The van der Waals surface area contributed by atoms with Gasteiger partial charge in [0.05, 0.1) is 6.54 Å². The van der Waals surface area contributed by atoms with E-state index in [-0.39, 0.29) is 18.6 Å². The zero-order valence-corrected chi connectivity index (χ0v) is 10.5. The Hall–Kier alpha value is -1.70. The van der Waals surface area contributed by atoms with Crippen molar-refractivity contribution in [1.82, 2.24) is 15.4 Å². The Kier molecular flexibility index (Phi) is 4.31. The number of aromatic nitrogens is 1. The summed E-state index contributed by atoms with van der Waals surface area (Å²) < 4.78 is 29.1. The summed E-state index contributed by atoms with van der Waals surface area (Å²) in [4.78, 5) is 13.3. The normalized spacial score (nSPS) is 19.9. The van der Waals surface area contributed by atoms with Gasteiger partial charge in [-0.3, -0.25) is 4.90 Å². The van der Waals surface area contributed by atoms with Gasteiger partial charge in [-0.15, -0.1) is 0 Å². The number of anilines is 1. The van der Waals surface area contributed by atoms with E-state index in [0.717, 1.165) is 0 Å². The molecule has 2 N–H and O–H groups in total. The molecule has 1 fully saturated rings. The summed E-state index contributed by atoms with van der Waals surface area (Å²) in [7, 11) is 0. The second-order valence-corrected chi connectivity index (χ2v) is 4.55. The molecule has 0 aliphatic carbocycles. The molecule has 1 aliphatic rings. The maximum atomic E-state index is 12.2. The summed E-state index contributed by atoms with van der Waals surface area (Å²) in [5.41, 5.74) is 1.08. The van der Waals surface area contributed by atoms with Crippen LogP contribution in [0, 0.1) is 6.92 Å².